The van der Waals surface area contributed by atoms with Gasteiger partial charge in [0.2, 0.25) is 5.88 Å². The van der Waals surface area contributed by atoms with Crippen molar-refractivity contribution < 1.29 is 22.7 Å². The number of likely N-dealkylation sites (tertiary alicyclic amines) is 1. The van der Waals surface area contributed by atoms with Gasteiger partial charge in [-0.1, -0.05) is 40.9 Å². The number of carbonyl (C=O) groups is 1. The predicted molar refractivity (Wildman–Crippen MR) is 127 cm³/mol. The first-order valence-corrected chi connectivity index (χ1v) is 11.7. The van der Waals surface area contributed by atoms with Crippen LogP contribution in [0.4, 0.5) is 13.2 Å². The van der Waals surface area contributed by atoms with Gasteiger partial charge in [0.1, 0.15) is 11.3 Å². The van der Waals surface area contributed by atoms with Gasteiger partial charge >= 0.3 is 6.18 Å². The van der Waals surface area contributed by atoms with Crippen molar-refractivity contribution in [3.8, 4) is 5.88 Å². The molecule has 0 aliphatic carbocycles. The molecule has 11 heteroatoms. The van der Waals surface area contributed by atoms with E-state index in [1.165, 1.54) is 12.3 Å². The van der Waals surface area contributed by atoms with Crippen LogP contribution in [0.1, 0.15) is 34.3 Å². The van der Waals surface area contributed by atoms with Crippen LogP contribution in [0.2, 0.25) is 15.2 Å². The number of benzene rings is 1. The number of hydrogen-bond donors (Lipinski definition) is 0. The van der Waals surface area contributed by atoms with E-state index < -0.39 is 17.8 Å². The predicted octanol–water partition coefficient (Wildman–Crippen LogP) is 6.78. The van der Waals surface area contributed by atoms with Gasteiger partial charge in [-0.3, -0.25) is 4.79 Å². The molecule has 3 atom stereocenters. The average Bonchev–Trinajstić information content (AvgIpc) is 3.26. The van der Waals surface area contributed by atoms with E-state index in [0.29, 0.717) is 28.7 Å². The third-order valence-electron chi connectivity index (χ3n) is 5.97. The molecule has 0 saturated carbocycles. The number of nitrogens with zero attached hydrogens (tertiary/aromatic N) is 3. The van der Waals surface area contributed by atoms with Crippen LogP contribution in [0, 0.1) is 5.92 Å². The lowest BCUT2D eigenvalue weighted by atomic mass is 9.86. The van der Waals surface area contributed by atoms with Gasteiger partial charge in [-0.2, -0.15) is 13.2 Å². The highest BCUT2D eigenvalue weighted by atomic mass is 35.5. The van der Waals surface area contributed by atoms with E-state index in [-0.39, 0.29) is 28.8 Å². The number of alkyl halides is 3. The van der Waals surface area contributed by atoms with Crippen molar-refractivity contribution in [2.75, 3.05) is 13.1 Å². The zero-order chi connectivity index (χ0) is 25.3. The number of amides is 1. The van der Waals surface area contributed by atoms with Gasteiger partial charge in [0, 0.05) is 43.4 Å². The van der Waals surface area contributed by atoms with Gasteiger partial charge in [-0.15, -0.1) is 0 Å². The second kappa shape index (κ2) is 10.2. The lowest BCUT2D eigenvalue weighted by molar-refractivity contribution is -0.137. The second-order valence-electron chi connectivity index (χ2n) is 8.23. The fraction of sp³-hybridized carbons (Fsp3) is 0.292. The quantitative estimate of drug-likeness (QED) is 0.332. The number of carbonyl (C=O) groups excluding carboxylic acids is 1. The van der Waals surface area contributed by atoms with E-state index in [4.69, 9.17) is 39.5 Å². The Morgan fingerprint density at radius 1 is 1.03 bits per heavy atom. The van der Waals surface area contributed by atoms with Crippen LogP contribution in [0.25, 0.3) is 0 Å². The molecule has 1 fully saturated rings. The number of rotatable bonds is 5. The molecule has 3 aromatic rings. The molecule has 1 aromatic carbocycles. The summed E-state index contributed by atoms with van der Waals surface area (Å²) in [5.74, 6) is -0.536. The lowest BCUT2D eigenvalue weighted by Crippen LogP contribution is -2.32. The minimum atomic E-state index is -4.49. The molecule has 184 valence electrons. The van der Waals surface area contributed by atoms with Crippen LogP contribution < -0.4 is 4.74 Å². The number of pyridine rings is 2. The summed E-state index contributed by atoms with van der Waals surface area (Å²) < 4.78 is 44.5. The topological polar surface area (TPSA) is 55.3 Å². The molecule has 1 saturated heterocycles. The minimum Gasteiger partial charge on any atom is -0.474 e. The van der Waals surface area contributed by atoms with Crippen LogP contribution in [0.5, 0.6) is 5.88 Å². The molecule has 3 heterocycles. The van der Waals surface area contributed by atoms with E-state index in [2.05, 4.69) is 9.97 Å². The van der Waals surface area contributed by atoms with Gasteiger partial charge < -0.3 is 9.64 Å². The Morgan fingerprint density at radius 2 is 1.80 bits per heavy atom. The van der Waals surface area contributed by atoms with Gasteiger partial charge in [-0.05, 0) is 42.8 Å². The first-order chi connectivity index (χ1) is 16.5. The van der Waals surface area contributed by atoms with Crippen LogP contribution in [-0.4, -0.2) is 40.0 Å². The summed E-state index contributed by atoms with van der Waals surface area (Å²) in [7, 11) is 0. The average molecular weight is 545 g/mol. The number of halogens is 6. The van der Waals surface area contributed by atoms with Crippen LogP contribution in [0.3, 0.4) is 0 Å². The van der Waals surface area contributed by atoms with Crippen molar-refractivity contribution in [1.29, 1.82) is 0 Å². The summed E-state index contributed by atoms with van der Waals surface area (Å²) in [5.41, 5.74) is 0.395. The molecule has 0 bridgehead atoms. The molecule has 4 rings (SSSR count). The zero-order valence-electron chi connectivity index (χ0n) is 18.3. The smallest absolute Gasteiger partial charge is 0.417 e. The van der Waals surface area contributed by atoms with Gasteiger partial charge in [0.05, 0.1) is 21.2 Å². The normalized spacial score (nSPS) is 19.0. The Kier molecular flexibility index (Phi) is 7.45. The third kappa shape index (κ3) is 5.82. The van der Waals surface area contributed by atoms with E-state index in [1.807, 2.05) is 6.07 Å². The Labute approximate surface area is 214 Å². The lowest BCUT2D eigenvalue weighted by Gasteiger charge is -2.25. The first kappa shape index (κ1) is 25.5. The molecular formula is C24H19Cl3F3N3O2. The number of hydrogen-bond acceptors (Lipinski definition) is 4. The van der Waals surface area contributed by atoms with Crippen LogP contribution in [0.15, 0.2) is 54.9 Å². The number of aromatic nitrogens is 2. The van der Waals surface area contributed by atoms with E-state index in [0.717, 1.165) is 17.8 Å². The summed E-state index contributed by atoms with van der Waals surface area (Å²) in [5, 5.41) is 1.07. The van der Waals surface area contributed by atoms with Crippen molar-refractivity contribution in [3.63, 3.8) is 0 Å². The van der Waals surface area contributed by atoms with Crippen molar-refractivity contribution >= 4 is 40.7 Å². The molecule has 0 radical (unpaired) electrons. The Balaban J connectivity index is 1.58. The fourth-order valence-corrected chi connectivity index (χ4v) is 4.56. The van der Waals surface area contributed by atoms with Crippen molar-refractivity contribution in [3.05, 3.63) is 86.7 Å². The van der Waals surface area contributed by atoms with E-state index >= 15 is 0 Å². The molecule has 5 nitrogen and oxygen atoms in total. The maximum absolute atomic E-state index is 13.2. The maximum atomic E-state index is 13.2. The third-order valence-corrected chi connectivity index (χ3v) is 6.93. The standard InChI is InChI=1S/C24H19Cl3F3N3O2/c1-13(35-22-7-4-16(10-32-22)24(28,29)30)17-11-33(23(34)15-3-6-21(27)31-9-15)12-18(17)14-2-5-19(25)20(26)8-14/h2-10,13,17-18H,11-12H2,1H3/t13-,17+,18+/m0/s1. The molecule has 35 heavy (non-hydrogen) atoms. The monoisotopic (exact) mass is 543 g/mol. The fourth-order valence-electron chi connectivity index (χ4n) is 4.15. The van der Waals surface area contributed by atoms with Gasteiger partial charge in [0.25, 0.3) is 5.91 Å². The van der Waals surface area contributed by atoms with Crippen LogP contribution in [-0.2, 0) is 6.18 Å². The summed E-state index contributed by atoms with van der Waals surface area (Å²) in [6, 6.07) is 10.5. The van der Waals surface area contributed by atoms with E-state index in [9.17, 15) is 18.0 Å². The Hall–Kier alpha value is -2.55. The van der Waals surface area contributed by atoms with Crippen LogP contribution >= 0.6 is 34.8 Å². The molecule has 0 spiro atoms. The molecular weight excluding hydrogens is 526 g/mol. The van der Waals surface area contributed by atoms with Gasteiger partial charge in [0.15, 0.2) is 0 Å². The molecule has 2 aromatic heterocycles. The zero-order valence-corrected chi connectivity index (χ0v) is 20.5. The highest BCUT2D eigenvalue weighted by Gasteiger charge is 2.41. The summed E-state index contributed by atoms with van der Waals surface area (Å²) in [4.78, 5) is 22.6. The SMILES string of the molecule is C[C@H](Oc1ccc(C(F)(F)F)cn1)[C@H]1CN(C(=O)c2ccc(Cl)nc2)C[C@@H]1c1ccc(Cl)c(Cl)c1. The van der Waals surface area contributed by atoms with Gasteiger partial charge in [-0.25, -0.2) is 9.97 Å². The van der Waals surface area contributed by atoms with Crippen molar-refractivity contribution in [2.24, 2.45) is 5.92 Å². The molecule has 1 amide bonds. The summed E-state index contributed by atoms with van der Waals surface area (Å²) >= 11 is 18.2. The molecule has 0 unspecified atom stereocenters. The maximum Gasteiger partial charge on any atom is 0.417 e. The van der Waals surface area contributed by atoms with Crippen molar-refractivity contribution in [2.45, 2.75) is 25.1 Å². The molecule has 1 aliphatic heterocycles. The minimum absolute atomic E-state index is 0.0602. The Bertz CT molecular complexity index is 1210. The first-order valence-electron chi connectivity index (χ1n) is 10.6. The largest absolute Gasteiger partial charge is 0.474 e. The Morgan fingerprint density at radius 3 is 2.40 bits per heavy atom. The molecule has 0 N–H and O–H groups in total. The summed E-state index contributed by atoms with van der Waals surface area (Å²) in [6.07, 6.45) is -2.83. The number of ether oxygens (including phenoxy) is 1. The highest BCUT2D eigenvalue weighted by molar-refractivity contribution is 6.42. The van der Waals surface area contributed by atoms with E-state index in [1.54, 1.807) is 36.1 Å². The second-order valence-corrected chi connectivity index (χ2v) is 9.43. The molecule has 1 aliphatic rings. The summed E-state index contributed by atoms with van der Waals surface area (Å²) in [6.45, 7) is 2.51. The highest BCUT2D eigenvalue weighted by Crippen LogP contribution is 2.39. The van der Waals surface area contributed by atoms with Crippen molar-refractivity contribution in [1.82, 2.24) is 14.9 Å².